The average Bonchev–Trinajstić information content (AvgIpc) is 3.20. The maximum Gasteiger partial charge on any atom is 0.345 e. The molecule has 5 nitrogen and oxygen atoms in total. The molecule has 0 saturated heterocycles. The van der Waals surface area contributed by atoms with Crippen molar-refractivity contribution in [3.05, 3.63) is 85.6 Å². The van der Waals surface area contributed by atoms with Crippen molar-refractivity contribution in [3.63, 3.8) is 0 Å². The molecule has 0 amide bonds. The highest BCUT2D eigenvalue weighted by Crippen LogP contribution is 2.31. The second-order valence-electron chi connectivity index (χ2n) is 5.94. The zero-order valence-corrected chi connectivity index (χ0v) is 17.0. The summed E-state index contributed by atoms with van der Waals surface area (Å²) >= 11 is 13.4. The summed E-state index contributed by atoms with van der Waals surface area (Å²) in [6, 6.07) is 16.3. The molecule has 2 aromatic heterocycles. The molecule has 2 heterocycles. The number of anilines is 1. The molecule has 2 aromatic carbocycles. The Morgan fingerprint density at radius 3 is 2.86 bits per heavy atom. The van der Waals surface area contributed by atoms with Gasteiger partial charge in [-0.05, 0) is 24.3 Å². The molecule has 0 aliphatic rings. The van der Waals surface area contributed by atoms with Crippen molar-refractivity contribution in [2.45, 2.75) is 0 Å². The van der Waals surface area contributed by atoms with E-state index in [2.05, 4.69) is 16.4 Å². The van der Waals surface area contributed by atoms with Gasteiger partial charge in [-0.15, -0.1) is 11.3 Å². The maximum absolute atomic E-state index is 12.3. The maximum atomic E-state index is 12.3. The van der Waals surface area contributed by atoms with Crippen LogP contribution in [0.3, 0.4) is 0 Å². The van der Waals surface area contributed by atoms with E-state index in [0.29, 0.717) is 43.2 Å². The fraction of sp³-hybridized carbons (Fsp3) is 0. The molecule has 4 aromatic rings. The number of nitrogens with one attached hydrogen (secondary N) is 1. The van der Waals surface area contributed by atoms with Gasteiger partial charge in [0.25, 0.3) is 0 Å². The summed E-state index contributed by atoms with van der Waals surface area (Å²) in [4.78, 5) is 16.8. The van der Waals surface area contributed by atoms with Crippen LogP contribution in [0.5, 0.6) is 0 Å². The molecule has 4 rings (SSSR count). The molecule has 0 radical (unpaired) electrons. The van der Waals surface area contributed by atoms with Gasteiger partial charge in [-0.3, -0.25) is 0 Å². The highest BCUT2D eigenvalue weighted by molar-refractivity contribution is 7.11. The number of thiazole rings is 1. The topological polar surface area (TPSA) is 78.9 Å². The summed E-state index contributed by atoms with van der Waals surface area (Å²) in [5.41, 5.74) is 1.69. The van der Waals surface area contributed by atoms with Crippen molar-refractivity contribution < 1.29 is 4.42 Å². The molecule has 0 atom stereocenters. The van der Waals surface area contributed by atoms with E-state index in [1.54, 1.807) is 41.8 Å². The van der Waals surface area contributed by atoms with Gasteiger partial charge in [-0.2, -0.15) is 5.26 Å². The number of nitrogens with zero attached hydrogens (tertiary/aromatic N) is 2. The fourth-order valence-electron chi connectivity index (χ4n) is 2.67. The molecule has 0 bridgehead atoms. The summed E-state index contributed by atoms with van der Waals surface area (Å²) in [6.45, 7) is 0. The largest absolute Gasteiger partial charge is 0.422 e. The van der Waals surface area contributed by atoms with Gasteiger partial charge in [-0.1, -0.05) is 47.5 Å². The van der Waals surface area contributed by atoms with Crippen LogP contribution in [0.2, 0.25) is 10.0 Å². The number of hydrogen-bond acceptors (Lipinski definition) is 6. The number of para-hydroxylation sites is 1. The number of nitriles is 1. The van der Waals surface area contributed by atoms with Gasteiger partial charge >= 0.3 is 5.63 Å². The van der Waals surface area contributed by atoms with Crippen LogP contribution in [-0.4, -0.2) is 4.98 Å². The van der Waals surface area contributed by atoms with E-state index in [-0.39, 0.29) is 0 Å². The first-order chi connectivity index (χ1) is 14.1. The van der Waals surface area contributed by atoms with Gasteiger partial charge in [0.15, 0.2) is 0 Å². The first-order valence-corrected chi connectivity index (χ1v) is 10.0. The van der Waals surface area contributed by atoms with E-state index in [1.165, 1.54) is 17.5 Å². The summed E-state index contributed by atoms with van der Waals surface area (Å²) < 4.78 is 5.36. The molecule has 29 heavy (non-hydrogen) atoms. The van der Waals surface area contributed by atoms with Crippen LogP contribution in [0, 0.1) is 11.3 Å². The van der Waals surface area contributed by atoms with Crippen LogP contribution < -0.4 is 10.9 Å². The van der Waals surface area contributed by atoms with E-state index in [9.17, 15) is 10.1 Å². The second kappa shape index (κ2) is 8.10. The van der Waals surface area contributed by atoms with Gasteiger partial charge in [-0.25, -0.2) is 9.78 Å². The number of fused-ring (bicyclic) bond motifs is 1. The third kappa shape index (κ3) is 3.89. The second-order valence-corrected chi connectivity index (χ2v) is 7.58. The van der Waals surface area contributed by atoms with Crippen LogP contribution in [0.1, 0.15) is 5.01 Å². The molecule has 0 fully saturated rings. The van der Waals surface area contributed by atoms with E-state index >= 15 is 0 Å². The zero-order valence-electron chi connectivity index (χ0n) is 14.6. The highest BCUT2D eigenvalue weighted by atomic mass is 35.5. The van der Waals surface area contributed by atoms with Gasteiger partial charge < -0.3 is 9.73 Å². The molecule has 1 N–H and O–H groups in total. The van der Waals surface area contributed by atoms with Crippen LogP contribution in [0.4, 0.5) is 5.69 Å². The van der Waals surface area contributed by atoms with Crippen LogP contribution in [-0.2, 0) is 0 Å². The predicted octanol–water partition coefficient (Wildman–Crippen LogP) is 6.20. The predicted molar refractivity (Wildman–Crippen MR) is 117 cm³/mol. The normalized spacial score (nSPS) is 11.4. The Morgan fingerprint density at radius 1 is 1.21 bits per heavy atom. The zero-order chi connectivity index (χ0) is 20.4. The molecule has 0 saturated carbocycles. The lowest BCUT2D eigenvalue weighted by Crippen LogP contribution is -2.02. The van der Waals surface area contributed by atoms with Crippen molar-refractivity contribution in [1.82, 2.24) is 4.98 Å². The van der Waals surface area contributed by atoms with Crippen molar-refractivity contribution in [1.29, 1.82) is 5.26 Å². The highest BCUT2D eigenvalue weighted by Gasteiger charge is 2.14. The van der Waals surface area contributed by atoms with Crippen molar-refractivity contribution >= 4 is 56.8 Å². The molecule has 142 valence electrons. The minimum atomic E-state index is -0.480. The SMILES string of the molecule is N#C/C(=C/Nc1cccc(Cl)c1Cl)c1nc(-c2cc3ccccc3oc2=O)cs1. The van der Waals surface area contributed by atoms with Crippen molar-refractivity contribution in [2.75, 3.05) is 5.32 Å². The number of halogens is 2. The number of rotatable bonds is 4. The Hall–Kier alpha value is -3.11. The van der Waals surface area contributed by atoms with Crippen LogP contribution >= 0.6 is 34.5 Å². The fourth-order valence-corrected chi connectivity index (χ4v) is 3.81. The summed E-state index contributed by atoms with van der Waals surface area (Å²) in [5.74, 6) is 0. The van der Waals surface area contributed by atoms with Gasteiger partial charge in [0.1, 0.15) is 22.2 Å². The van der Waals surface area contributed by atoms with E-state index in [4.69, 9.17) is 27.6 Å². The Morgan fingerprint density at radius 2 is 2.03 bits per heavy atom. The monoisotopic (exact) mass is 439 g/mol. The first kappa shape index (κ1) is 19.2. The molecule has 0 spiro atoms. The van der Waals surface area contributed by atoms with Gasteiger partial charge in [0.2, 0.25) is 0 Å². The smallest absolute Gasteiger partial charge is 0.345 e. The average molecular weight is 440 g/mol. The first-order valence-electron chi connectivity index (χ1n) is 8.37. The lowest BCUT2D eigenvalue weighted by molar-refractivity contribution is 0.563. The number of hydrogen-bond donors (Lipinski definition) is 1. The lowest BCUT2D eigenvalue weighted by atomic mass is 10.1. The van der Waals surface area contributed by atoms with Gasteiger partial charge in [0.05, 0.1) is 27.0 Å². The van der Waals surface area contributed by atoms with Gasteiger partial charge in [0, 0.05) is 17.0 Å². The number of benzene rings is 2. The number of allylic oxidation sites excluding steroid dienone is 1. The number of aromatic nitrogens is 1. The van der Waals surface area contributed by atoms with E-state index < -0.39 is 5.63 Å². The third-order valence-electron chi connectivity index (χ3n) is 4.10. The summed E-state index contributed by atoms with van der Waals surface area (Å²) in [7, 11) is 0. The minimum Gasteiger partial charge on any atom is -0.422 e. The molecular formula is C21H11Cl2N3O2S. The van der Waals surface area contributed by atoms with E-state index in [1.807, 2.05) is 12.1 Å². The standard InChI is InChI=1S/C21H11Cl2N3O2S/c22-15-5-3-6-16(19(15)23)25-10-13(9-24)20-26-17(11-29-20)14-8-12-4-1-2-7-18(12)28-21(14)27/h1-8,10-11,25H/b13-10-. The third-order valence-corrected chi connectivity index (χ3v) is 5.79. The summed E-state index contributed by atoms with van der Waals surface area (Å²) in [5, 5.41) is 16.2. The van der Waals surface area contributed by atoms with Crippen LogP contribution in [0.15, 0.2) is 69.3 Å². The molecule has 0 unspecified atom stereocenters. The van der Waals surface area contributed by atoms with Crippen molar-refractivity contribution in [2.24, 2.45) is 0 Å². The quantitative estimate of drug-likeness (QED) is 0.302. The van der Waals surface area contributed by atoms with Crippen molar-refractivity contribution in [3.8, 4) is 17.3 Å². The van der Waals surface area contributed by atoms with Crippen LogP contribution in [0.25, 0.3) is 27.8 Å². The Bertz CT molecular complexity index is 1350. The Kier molecular flexibility index (Phi) is 5.36. The van der Waals surface area contributed by atoms with E-state index in [0.717, 1.165) is 5.39 Å². The Labute approximate surface area is 179 Å². The minimum absolute atomic E-state index is 0.294. The molecule has 0 aliphatic heterocycles. The summed E-state index contributed by atoms with van der Waals surface area (Å²) in [6.07, 6.45) is 1.50. The lowest BCUT2D eigenvalue weighted by Gasteiger charge is -2.05. The Balaban J connectivity index is 1.67. The molecular weight excluding hydrogens is 429 g/mol. The molecule has 8 heteroatoms. The molecule has 0 aliphatic carbocycles.